The summed E-state index contributed by atoms with van der Waals surface area (Å²) in [5, 5.41) is 14.6. The van der Waals surface area contributed by atoms with Crippen LogP contribution in [0.25, 0.3) is 0 Å². The van der Waals surface area contributed by atoms with Crippen molar-refractivity contribution in [2.24, 2.45) is 0 Å². The molecular weight excluding hydrogens is 473 g/mol. The fourth-order valence-corrected chi connectivity index (χ4v) is 4.57. The summed E-state index contributed by atoms with van der Waals surface area (Å²) < 4.78 is 40.1. The quantitative estimate of drug-likeness (QED) is 0.547. The summed E-state index contributed by atoms with van der Waals surface area (Å²) in [5.41, 5.74) is 2.39. The van der Waals surface area contributed by atoms with Gasteiger partial charge in [-0.25, -0.2) is 0 Å². The van der Waals surface area contributed by atoms with E-state index in [1.54, 1.807) is 6.07 Å². The SMILES string of the molecule is Cc1cc(C)c2c(c1)NC(=O)c1cc(N3CCN(C(=O)c4ccccc4C(F)(F)F)CC3)nnc1N2. The van der Waals surface area contributed by atoms with E-state index in [4.69, 9.17) is 0 Å². The molecule has 36 heavy (non-hydrogen) atoms. The Morgan fingerprint density at radius 2 is 1.69 bits per heavy atom. The highest BCUT2D eigenvalue weighted by Crippen LogP contribution is 2.35. The number of aryl methyl sites for hydroxylation is 2. The van der Waals surface area contributed by atoms with Gasteiger partial charge in [0.15, 0.2) is 11.6 Å². The van der Waals surface area contributed by atoms with E-state index in [2.05, 4.69) is 20.8 Å². The number of hydrogen-bond donors (Lipinski definition) is 2. The Balaban J connectivity index is 1.33. The number of fused-ring (bicyclic) bond motifs is 2. The van der Waals surface area contributed by atoms with Gasteiger partial charge in [-0.2, -0.15) is 13.2 Å². The second-order valence-electron chi connectivity index (χ2n) is 8.87. The molecule has 0 aliphatic carbocycles. The normalized spacial score (nSPS) is 15.4. The lowest BCUT2D eigenvalue weighted by Gasteiger charge is -2.35. The molecule has 5 rings (SSSR count). The second kappa shape index (κ2) is 8.81. The fraction of sp³-hybridized carbons (Fsp3) is 0.280. The third-order valence-corrected chi connectivity index (χ3v) is 6.35. The molecular formula is C25H23F3N6O2. The van der Waals surface area contributed by atoms with Gasteiger partial charge >= 0.3 is 6.18 Å². The van der Waals surface area contributed by atoms with Crippen LogP contribution in [-0.2, 0) is 6.18 Å². The minimum Gasteiger partial charge on any atom is -0.352 e. The molecule has 0 saturated carbocycles. The minimum atomic E-state index is -4.61. The Labute approximate surface area is 205 Å². The van der Waals surface area contributed by atoms with Gasteiger partial charge in [-0.3, -0.25) is 9.59 Å². The molecule has 2 aromatic carbocycles. The standard InChI is InChI=1S/C25H23F3N6O2/c1-14-11-15(2)21-19(12-14)29-23(35)17-13-20(31-32-22(17)30-21)33-7-9-34(10-8-33)24(36)16-5-3-4-6-18(16)25(26,27)28/h3-6,11-13H,7-10H2,1-2H3,(H,29,35)(H,30,32). The summed E-state index contributed by atoms with van der Waals surface area (Å²) in [4.78, 5) is 29.1. The Kier molecular flexibility index (Phi) is 5.77. The van der Waals surface area contributed by atoms with Gasteiger partial charge in [0.05, 0.1) is 28.1 Å². The van der Waals surface area contributed by atoms with Crippen LogP contribution in [0, 0.1) is 13.8 Å². The number of aromatic nitrogens is 2. The number of nitrogens with one attached hydrogen (secondary N) is 2. The maximum Gasteiger partial charge on any atom is 0.417 e. The Bertz CT molecular complexity index is 1370. The van der Waals surface area contributed by atoms with Crippen molar-refractivity contribution in [3.8, 4) is 0 Å². The predicted molar refractivity (Wildman–Crippen MR) is 129 cm³/mol. The number of halogens is 3. The minimum absolute atomic E-state index is 0.206. The summed E-state index contributed by atoms with van der Waals surface area (Å²) >= 11 is 0. The zero-order chi connectivity index (χ0) is 25.6. The molecule has 0 atom stereocenters. The number of hydrogen-bond acceptors (Lipinski definition) is 6. The van der Waals surface area contributed by atoms with E-state index in [1.165, 1.54) is 23.1 Å². The first kappa shape index (κ1) is 23.6. The van der Waals surface area contributed by atoms with Crippen LogP contribution >= 0.6 is 0 Å². The Morgan fingerprint density at radius 3 is 2.42 bits per heavy atom. The lowest BCUT2D eigenvalue weighted by molar-refractivity contribution is -0.138. The maximum atomic E-state index is 13.4. The van der Waals surface area contributed by atoms with Gasteiger partial charge in [-0.1, -0.05) is 18.2 Å². The van der Waals surface area contributed by atoms with E-state index in [0.29, 0.717) is 36.0 Å². The number of piperazine rings is 1. The molecule has 1 fully saturated rings. The molecule has 2 N–H and O–H groups in total. The predicted octanol–water partition coefficient (Wildman–Crippen LogP) is 4.38. The number of anilines is 4. The van der Waals surface area contributed by atoms with E-state index in [1.807, 2.05) is 30.9 Å². The highest BCUT2D eigenvalue weighted by Gasteiger charge is 2.36. The molecule has 8 nitrogen and oxygen atoms in total. The molecule has 1 aromatic heterocycles. The number of carbonyl (C=O) groups is 2. The van der Waals surface area contributed by atoms with Crippen molar-refractivity contribution in [3.05, 3.63) is 70.3 Å². The second-order valence-corrected chi connectivity index (χ2v) is 8.87. The third-order valence-electron chi connectivity index (χ3n) is 6.35. The molecule has 2 amide bonds. The van der Waals surface area contributed by atoms with Crippen LogP contribution < -0.4 is 15.5 Å². The van der Waals surface area contributed by atoms with Gasteiger partial charge in [0.25, 0.3) is 11.8 Å². The molecule has 186 valence electrons. The van der Waals surface area contributed by atoms with Gasteiger partial charge in [-0.15, -0.1) is 10.2 Å². The molecule has 0 bridgehead atoms. The first-order valence-electron chi connectivity index (χ1n) is 11.4. The molecule has 11 heteroatoms. The smallest absolute Gasteiger partial charge is 0.352 e. The van der Waals surface area contributed by atoms with Gasteiger partial charge in [0, 0.05) is 26.2 Å². The van der Waals surface area contributed by atoms with Crippen molar-refractivity contribution in [2.45, 2.75) is 20.0 Å². The van der Waals surface area contributed by atoms with Crippen LogP contribution in [0.4, 0.5) is 36.2 Å². The van der Waals surface area contributed by atoms with Crippen molar-refractivity contribution < 1.29 is 22.8 Å². The number of rotatable bonds is 2. The van der Waals surface area contributed by atoms with E-state index in [9.17, 15) is 22.8 Å². The summed E-state index contributed by atoms with van der Waals surface area (Å²) in [7, 11) is 0. The van der Waals surface area contributed by atoms with Crippen LogP contribution in [0.1, 0.15) is 37.4 Å². The van der Waals surface area contributed by atoms with Crippen molar-refractivity contribution >= 4 is 34.8 Å². The average Bonchev–Trinajstić information content (AvgIpc) is 2.99. The summed E-state index contributed by atoms with van der Waals surface area (Å²) in [6, 6.07) is 10.3. The van der Waals surface area contributed by atoms with Crippen LogP contribution in [0.2, 0.25) is 0 Å². The number of amides is 2. The molecule has 1 saturated heterocycles. The van der Waals surface area contributed by atoms with Gasteiger partial charge in [0.2, 0.25) is 0 Å². The lowest BCUT2D eigenvalue weighted by atomic mass is 10.1. The number of benzene rings is 2. The summed E-state index contributed by atoms with van der Waals surface area (Å²) in [6.07, 6.45) is -4.61. The molecule has 2 aliphatic rings. The zero-order valence-corrected chi connectivity index (χ0v) is 19.6. The summed E-state index contributed by atoms with van der Waals surface area (Å²) in [5.74, 6) is -0.204. The summed E-state index contributed by atoms with van der Waals surface area (Å²) in [6.45, 7) is 4.96. The third kappa shape index (κ3) is 4.32. The molecule has 0 radical (unpaired) electrons. The zero-order valence-electron chi connectivity index (χ0n) is 19.6. The molecule has 3 heterocycles. The van der Waals surface area contributed by atoms with E-state index < -0.39 is 17.6 Å². The van der Waals surface area contributed by atoms with Gasteiger partial charge in [-0.05, 0) is 49.2 Å². The van der Waals surface area contributed by atoms with Gasteiger partial charge < -0.3 is 20.4 Å². The molecule has 0 spiro atoms. The van der Waals surface area contributed by atoms with Crippen LogP contribution in [0.15, 0.2) is 42.5 Å². The monoisotopic (exact) mass is 496 g/mol. The van der Waals surface area contributed by atoms with Crippen molar-refractivity contribution in [1.29, 1.82) is 0 Å². The van der Waals surface area contributed by atoms with Crippen LogP contribution in [0.3, 0.4) is 0 Å². The highest BCUT2D eigenvalue weighted by molar-refractivity contribution is 6.12. The van der Waals surface area contributed by atoms with Crippen molar-refractivity contribution in [2.75, 3.05) is 41.7 Å². The Hall–Kier alpha value is -4.15. The first-order chi connectivity index (χ1) is 17.1. The fourth-order valence-electron chi connectivity index (χ4n) is 4.57. The first-order valence-corrected chi connectivity index (χ1v) is 11.4. The van der Waals surface area contributed by atoms with Gasteiger partial charge in [0.1, 0.15) is 0 Å². The number of nitrogens with zero attached hydrogens (tertiary/aromatic N) is 4. The lowest BCUT2D eigenvalue weighted by Crippen LogP contribution is -2.49. The van der Waals surface area contributed by atoms with E-state index >= 15 is 0 Å². The largest absolute Gasteiger partial charge is 0.417 e. The Morgan fingerprint density at radius 1 is 0.972 bits per heavy atom. The van der Waals surface area contributed by atoms with Crippen LogP contribution in [-0.4, -0.2) is 53.1 Å². The molecule has 0 unspecified atom stereocenters. The topological polar surface area (TPSA) is 90.5 Å². The van der Waals surface area contributed by atoms with Crippen molar-refractivity contribution in [1.82, 2.24) is 15.1 Å². The number of alkyl halides is 3. The highest BCUT2D eigenvalue weighted by atomic mass is 19.4. The van der Waals surface area contributed by atoms with Crippen molar-refractivity contribution in [3.63, 3.8) is 0 Å². The molecule has 3 aromatic rings. The molecule has 2 aliphatic heterocycles. The van der Waals surface area contributed by atoms with Crippen LogP contribution in [0.5, 0.6) is 0 Å². The number of carbonyl (C=O) groups excluding carboxylic acids is 2. The average molecular weight is 496 g/mol. The van der Waals surface area contributed by atoms with E-state index in [-0.39, 0.29) is 24.6 Å². The maximum absolute atomic E-state index is 13.4. The van der Waals surface area contributed by atoms with E-state index in [0.717, 1.165) is 22.9 Å².